The third-order valence-corrected chi connectivity index (χ3v) is 5.43. The van der Waals surface area contributed by atoms with E-state index in [0.717, 1.165) is 36.6 Å². The molecule has 164 valence electrons. The predicted molar refractivity (Wildman–Crippen MR) is 113 cm³/mol. The fourth-order valence-corrected chi connectivity index (χ4v) is 3.71. The van der Waals surface area contributed by atoms with Crippen LogP contribution in [-0.4, -0.2) is 57.2 Å². The van der Waals surface area contributed by atoms with Crippen LogP contribution >= 0.6 is 0 Å². The summed E-state index contributed by atoms with van der Waals surface area (Å²) in [7, 11) is 1.55. The molecule has 0 bridgehead atoms. The molecule has 1 fully saturated rings. The van der Waals surface area contributed by atoms with Crippen LogP contribution in [0, 0.1) is 11.0 Å². The summed E-state index contributed by atoms with van der Waals surface area (Å²) in [6.45, 7) is 3.65. The highest BCUT2D eigenvalue weighted by atomic mass is 19.1. The van der Waals surface area contributed by atoms with Gasteiger partial charge < -0.3 is 24.6 Å². The van der Waals surface area contributed by atoms with E-state index in [2.05, 4.69) is 15.1 Å². The third kappa shape index (κ3) is 4.88. The van der Waals surface area contributed by atoms with Gasteiger partial charge in [0.1, 0.15) is 11.6 Å². The number of ether oxygens (including phenoxy) is 1. The minimum atomic E-state index is -0.246. The molecular weight excluding hydrogens is 403 g/mol. The molecule has 1 saturated heterocycles. The van der Waals surface area contributed by atoms with Crippen molar-refractivity contribution < 1.29 is 23.1 Å². The molecule has 0 spiro atoms. The first-order chi connectivity index (χ1) is 15.0. The first kappa shape index (κ1) is 20.9. The van der Waals surface area contributed by atoms with Crippen LogP contribution < -0.4 is 19.7 Å². The molecular formula is C22H25FN4O4. The van der Waals surface area contributed by atoms with E-state index in [9.17, 15) is 14.4 Å². The zero-order valence-corrected chi connectivity index (χ0v) is 17.3. The Kier molecular flexibility index (Phi) is 6.22. The van der Waals surface area contributed by atoms with Crippen molar-refractivity contribution in [3.8, 4) is 5.75 Å². The zero-order valence-electron chi connectivity index (χ0n) is 17.3. The molecule has 0 atom stereocenters. The van der Waals surface area contributed by atoms with Crippen LogP contribution in [0.4, 0.5) is 10.1 Å². The smallest absolute Gasteiger partial charge is 0.361 e. The van der Waals surface area contributed by atoms with Gasteiger partial charge in [0.2, 0.25) is 11.5 Å². The Labute approximate surface area is 179 Å². The van der Waals surface area contributed by atoms with Crippen molar-refractivity contribution in [2.24, 2.45) is 0 Å². The summed E-state index contributed by atoms with van der Waals surface area (Å²) in [6.07, 6.45) is 0.296. The molecule has 1 amide bonds. The van der Waals surface area contributed by atoms with Crippen LogP contribution in [-0.2, 0) is 11.2 Å². The number of hydrogen-bond donors (Lipinski definition) is 1. The Morgan fingerprint density at radius 2 is 1.94 bits per heavy atom. The molecule has 31 heavy (non-hydrogen) atoms. The van der Waals surface area contributed by atoms with Gasteiger partial charge in [0.25, 0.3) is 5.52 Å². The van der Waals surface area contributed by atoms with Gasteiger partial charge in [0, 0.05) is 50.5 Å². The Bertz CT molecular complexity index is 1050. The number of carbonyl (C=O) groups excluding carboxylic acids is 1. The van der Waals surface area contributed by atoms with E-state index in [4.69, 9.17) is 9.15 Å². The summed E-state index contributed by atoms with van der Waals surface area (Å²) in [6, 6.07) is 11.5. The van der Waals surface area contributed by atoms with E-state index < -0.39 is 0 Å². The Morgan fingerprint density at radius 1 is 1.19 bits per heavy atom. The lowest BCUT2D eigenvalue weighted by Gasteiger charge is -2.35. The number of amides is 1. The number of methoxy groups -OCH3 is 1. The number of hydrogen-bond acceptors (Lipinski definition) is 6. The molecule has 0 radical (unpaired) electrons. The van der Waals surface area contributed by atoms with Crippen molar-refractivity contribution in [3.63, 3.8) is 0 Å². The number of oxazole rings is 1. The topological polar surface area (TPSA) is 84.9 Å². The molecule has 9 heteroatoms. The largest absolute Gasteiger partial charge is 0.616 e. The average Bonchev–Trinajstić information content (AvgIpc) is 3.09. The van der Waals surface area contributed by atoms with Crippen molar-refractivity contribution in [3.05, 3.63) is 59.4 Å². The van der Waals surface area contributed by atoms with Gasteiger partial charge in [-0.1, -0.05) is 0 Å². The van der Waals surface area contributed by atoms with Crippen molar-refractivity contribution in [1.82, 2.24) is 10.2 Å². The first-order valence-corrected chi connectivity index (χ1v) is 10.2. The number of nitrogens with zero attached hydrogens (tertiary/aromatic N) is 3. The fraction of sp³-hybridized carbons (Fsp3) is 0.364. The normalized spacial score (nSPS) is 14.7. The van der Waals surface area contributed by atoms with Crippen LogP contribution in [0.25, 0.3) is 11.1 Å². The molecule has 0 unspecified atom stereocenters. The number of nitrogens with one attached hydrogen (secondary N) is 1. The lowest BCUT2D eigenvalue weighted by Crippen LogP contribution is -2.49. The van der Waals surface area contributed by atoms with E-state index in [1.165, 1.54) is 12.1 Å². The number of benzene rings is 2. The van der Waals surface area contributed by atoms with Crippen LogP contribution in [0.2, 0.25) is 0 Å². The van der Waals surface area contributed by atoms with Gasteiger partial charge in [-0.05, 0) is 30.3 Å². The standard InChI is InChI=1S/C22H25FN4O4/c1-30-18-6-7-19-20(14-18)31-22(27(19)29)8-9-24-21(28)15-25-10-12-26(13-11-25)17-4-2-16(23)3-5-17/h2-7,14H,8-13,15H2,1H3,(H,24,28). The maximum Gasteiger partial charge on any atom is 0.361 e. The van der Waals surface area contributed by atoms with Crippen LogP contribution in [0.5, 0.6) is 5.75 Å². The van der Waals surface area contributed by atoms with Gasteiger partial charge in [-0.15, -0.1) is 4.73 Å². The average molecular weight is 428 g/mol. The molecule has 0 saturated carbocycles. The van der Waals surface area contributed by atoms with Crippen LogP contribution in [0.3, 0.4) is 0 Å². The van der Waals surface area contributed by atoms with E-state index in [0.29, 0.717) is 36.4 Å². The predicted octanol–water partition coefficient (Wildman–Crippen LogP) is 1.69. The van der Waals surface area contributed by atoms with E-state index in [-0.39, 0.29) is 17.6 Å². The van der Waals surface area contributed by atoms with E-state index in [1.807, 2.05) is 0 Å². The minimum absolute atomic E-state index is 0.0922. The number of anilines is 1. The van der Waals surface area contributed by atoms with Gasteiger partial charge in [-0.25, -0.2) is 4.39 Å². The fourth-order valence-electron chi connectivity index (χ4n) is 3.71. The molecule has 2 heterocycles. The van der Waals surface area contributed by atoms with Gasteiger partial charge in [0.15, 0.2) is 0 Å². The molecule has 1 aliphatic heterocycles. The highest BCUT2D eigenvalue weighted by Gasteiger charge is 2.21. The highest BCUT2D eigenvalue weighted by Crippen LogP contribution is 2.20. The molecule has 1 aromatic heterocycles. The summed E-state index contributed by atoms with van der Waals surface area (Å²) in [4.78, 5) is 16.5. The van der Waals surface area contributed by atoms with Gasteiger partial charge in [0.05, 0.1) is 20.1 Å². The molecule has 2 aromatic carbocycles. The maximum atomic E-state index is 13.1. The Morgan fingerprint density at radius 3 is 2.65 bits per heavy atom. The first-order valence-electron chi connectivity index (χ1n) is 10.2. The van der Waals surface area contributed by atoms with Gasteiger partial charge >= 0.3 is 5.89 Å². The lowest BCUT2D eigenvalue weighted by molar-refractivity contribution is -0.592. The minimum Gasteiger partial charge on any atom is -0.616 e. The van der Waals surface area contributed by atoms with Crippen molar-refractivity contribution in [1.29, 1.82) is 0 Å². The van der Waals surface area contributed by atoms with Gasteiger partial charge in [-0.2, -0.15) is 0 Å². The summed E-state index contributed by atoms with van der Waals surface area (Å²) in [5, 5.41) is 15.2. The monoisotopic (exact) mass is 428 g/mol. The quantitative estimate of drug-likeness (QED) is 0.456. The van der Waals surface area contributed by atoms with Crippen molar-refractivity contribution >= 4 is 22.7 Å². The summed E-state index contributed by atoms with van der Waals surface area (Å²) in [5.41, 5.74) is 1.87. The molecule has 0 aliphatic carbocycles. The molecule has 3 aromatic rings. The van der Waals surface area contributed by atoms with Gasteiger partial charge in [-0.3, -0.25) is 9.69 Å². The number of piperazine rings is 1. The lowest BCUT2D eigenvalue weighted by atomic mass is 10.2. The molecule has 1 aliphatic rings. The van der Waals surface area contributed by atoms with Crippen LogP contribution in [0.1, 0.15) is 5.89 Å². The molecule has 1 N–H and O–H groups in total. The highest BCUT2D eigenvalue weighted by molar-refractivity contribution is 5.78. The number of aromatic nitrogens is 1. The maximum absolute atomic E-state index is 13.1. The molecule has 4 rings (SSSR count). The molecule has 8 nitrogen and oxygen atoms in total. The van der Waals surface area contributed by atoms with Crippen LogP contribution in [0.15, 0.2) is 46.9 Å². The summed E-state index contributed by atoms with van der Waals surface area (Å²) < 4.78 is 24.6. The SMILES string of the molecule is COc1ccc2c(c1)oc(CCNC(=O)CN1CCN(c3ccc(F)cc3)CC1)[n+]2[O-]. The summed E-state index contributed by atoms with van der Waals surface area (Å²) in [5.74, 6) is 0.520. The van der Waals surface area contributed by atoms with E-state index >= 15 is 0 Å². The number of fused-ring (bicyclic) bond motifs is 1. The van der Waals surface area contributed by atoms with Crippen molar-refractivity contribution in [2.45, 2.75) is 6.42 Å². The Balaban J connectivity index is 1.22. The third-order valence-electron chi connectivity index (χ3n) is 5.43. The Hall–Kier alpha value is -3.33. The summed E-state index contributed by atoms with van der Waals surface area (Å²) >= 11 is 0. The second-order valence-corrected chi connectivity index (χ2v) is 7.46. The second-order valence-electron chi connectivity index (χ2n) is 7.46. The number of halogens is 1. The number of carbonyl (C=O) groups is 1. The van der Waals surface area contributed by atoms with E-state index in [1.54, 1.807) is 37.4 Å². The second kappa shape index (κ2) is 9.22. The van der Waals surface area contributed by atoms with Crippen molar-refractivity contribution in [2.75, 3.05) is 51.3 Å². The zero-order chi connectivity index (χ0) is 21.8. The number of rotatable bonds is 7.